The molecule has 0 aliphatic rings. The number of aryl methyl sites for hydroxylation is 1. The first-order valence-electron chi connectivity index (χ1n) is 8.19. The average Bonchev–Trinajstić information content (AvgIpc) is 3.08. The molecule has 0 atom stereocenters. The fraction of sp³-hybridized carbons (Fsp3) is 0.150. The van der Waals surface area contributed by atoms with E-state index in [1.807, 2.05) is 48.5 Å². The van der Waals surface area contributed by atoms with Gasteiger partial charge in [0.2, 0.25) is 0 Å². The summed E-state index contributed by atoms with van der Waals surface area (Å²) in [5, 5.41) is 3.40. The zero-order valence-electron chi connectivity index (χ0n) is 14.6. The molecule has 3 rings (SSSR count). The van der Waals surface area contributed by atoms with Gasteiger partial charge in [0, 0.05) is 19.2 Å². The van der Waals surface area contributed by atoms with Gasteiger partial charge in [0.15, 0.2) is 5.13 Å². The van der Waals surface area contributed by atoms with Crippen molar-refractivity contribution in [2.75, 3.05) is 11.9 Å². The van der Waals surface area contributed by atoms with Crippen LogP contribution in [0.5, 0.6) is 0 Å². The predicted molar refractivity (Wildman–Crippen MR) is 104 cm³/mol. The van der Waals surface area contributed by atoms with E-state index in [4.69, 9.17) is 0 Å². The van der Waals surface area contributed by atoms with Crippen LogP contribution in [0.4, 0.5) is 5.13 Å². The number of aromatic nitrogens is 1. The van der Waals surface area contributed by atoms with Crippen LogP contribution in [0, 0.1) is 6.92 Å². The van der Waals surface area contributed by atoms with Crippen molar-refractivity contribution in [1.82, 2.24) is 10.3 Å². The smallest absolute Gasteiger partial charge is 0.263 e. The van der Waals surface area contributed by atoms with Crippen molar-refractivity contribution in [3.63, 3.8) is 0 Å². The Labute approximate surface area is 156 Å². The zero-order chi connectivity index (χ0) is 18.5. The predicted octanol–water partition coefficient (Wildman–Crippen LogP) is 3.66. The molecular weight excluding hydrogens is 346 g/mol. The number of nitrogens with one attached hydrogen (secondary N) is 1. The molecule has 5 nitrogen and oxygen atoms in total. The van der Waals surface area contributed by atoms with E-state index >= 15 is 0 Å². The first-order valence-corrected chi connectivity index (χ1v) is 9.00. The van der Waals surface area contributed by atoms with Gasteiger partial charge in [0.25, 0.3) is 11.8 Å². The molecule has 0 aliphatic carbocycles. The summed E-state index contributed by atoms with van der Waals surface area (Å²) in [6, 6.07) is 18.7. The number of hydrogen-bond acceptors (Lipinski definition) is 4. The zero-order valence-corrected chi connectivity index (χ0v) is 15.4. The Kier molecular flexibility index (Phi) is 5.43. The fourth-order valence-electron chi connectivity index (χ4n) is 2.46. The van der Waals surface area contributed by atoms with Crippen LogP contribution in [-0.2, 0) is 6.54 Å². The Bertz CT molecular complexity index is 907. The van der Waals surface area contributed by atoms with Crippen molar-refractivity contribution in [2.45, 2.75) is 13.5 Å². The SMILES string of the molecule is Cc1nc(N(C)C(=O)c2ccccc2)sc1C(=O)NCc1ccccc1. The van der Waals surface area contributed by atoms with Gasteiger partial charge in [-0.25, -0.2) is 4.98 Å². The highest BCUT2D eigenvalue weighted by Gasteiger charge is 2.21. The number of carbonyl (C=O) groups is 2. The summed E-state index contributed by atoms with van der Waals surface area (Å²) in [4.78, 5) is 31.4. The monoisotopic (exact) mass is 365 g/mol. The van der Waals surface area contributed by atoms with E-state index in [2.05, 4.69) is 10.3 Å². The number of carbonyl (C=O) groups excluding carboxylic acids is 2. The van der Waals surface area contributed by atoms with Crippen LogP contribution in [-0.4, -0.2) is 23.8 Å². The highest BCUT2D eigenvalue weighted by molar-refractivity contribution is 7.17. The molecule has 2 amide bonds. The molecule has 0 radical (unpaired) electrons. The molecule has 0 bridgehead atoms. The normalized spacial score (nSPS) is 10.4. The van der Waals surface area contributed by atoms with Gasteiger partial charge in [0.1, 0.15) is 4.88 Å². The second-order valence-electron chi connectivity index (χ2n) is 5.81. The second-order valence-corrected chi connectivity index (χ2v) is 6.79. The number of thiazole rings is 1. The Morgan fingerprint density at radius 1 is 1.04 bits per heavy atom. The number of anilines is 1. The van der Waals surface area contributed by atoms with Gasteiger partial charge in [-0.15, -0.1) is 0 Å². The Morgan fingerprint density at radius 2 is 1.65 bits per heavy atom. The third-order valence-electron chi connectivity index (χ3n) is 3.90. The van der Waals surface area contributed by atoms with Crippen molar-refractivity contribution in [2.24, 2.45) is 0 Å². The lowest BCUT2D eigenvalue weighted by molar-refractivity contribution is 0.0952. The van der Waals surface area contributed by atoms with Gasteiger partial charge in [-0.1, -0.05) is 59.9 Å². The fourth-order valence-corrected chi connectivity index (χ4v) is 3.40. The molecule has 1 N–H and O–H groups in total. The first kappa shape index (κ1) is 17.8. The van der Waals surface area contributed by atoms with Crippen molar-refractivity contribution >= 4 is 28.3 Å². The molecule has 0 saturated heterocycles. The highest BCUT2D eigenvalue weighted by Crippen LogP contribution is 2.26. The molecule has 132 valence electrons. The minimum atomic E-state index is -0.185. The molecule has 2 aromatic carbocycles. The van der Waals surface area contributed by atoms with E-state index in [-0.39, 0.29) is 11.8 Å². The van der Waals surface area contributed by atoms with E-state index in [0.29, 0.717) is 27.8 Å². The van der Waals surface area contributed by atoms with Crippen LogP contribution < -0.4 is 10.2 Å². The largest absolute Gasteiger partial charge is 0.347 e. The van der Waals surface area contributed by atoms with Crippen molar-refractivity contribution in [3.8, 4) is 0 Å². The lowest BCUT2D eigenvalue weighted by Crippen LogP contribution is -2.26. The van der Waals surface area contributed by atoms with Crippen LogP contribution in [0.2, 0.25) is 0 Å². The average molecular weight is 365 g/mol. The van der Waals surface area contributed by atoms with Gasteiger partial charge in [-0.05, 0) is 24.6 Å². The van der Waals surface area contributed by atoms with Gasteiger partial charge < -0.3 is 5.32 Å². The molecule has 0 unspecified atom stereocenters. The van der Waals surface area contributed by atoms with Crippen molar-refractivity contribution < 1.29 is 9.59 Å². The minimum Gasteiger partial charge on any atom is -0.347 e. The van der Waals surface area contributed by atoms with Crippen molar-refractivity contribution in [1.29, 1.82) is 0 Å². The highest BCUT2D eigenvalue weighted by atomic mass is 32.1. The van der Waals surface area contributed by atoms with E-state index in [9.17, 15) is 9.59 Å². The summed E-state index contributed by atoms with van der Waals surface area (Å²) < 4.78 is 0. The second kappa shape index (κ2) is 7.93. The molecule has 1 aromatic heterocycles. The first-order chi connectivity index (χ1) is 12.6. The van der Waals surface area contributed by atoms with Gasteiger partial charge in [0.05, 0.1) is 5.69 Å². The molecule has 0 fully saturated rings. The van der Waals surface area contributed by atoms with E-state index in [0.717, 1.165) is 5.56 Å². The van der Waals surface area contributed by atoms with Crippen LogP contribution in [0.3, 0.4) is 0 Å². The molecule has 0 aliphatic heterocycles. The maximum atomic E-state index is 12.5. The summed E-state index contributed by atoms with van der Waals surface area (Å²) in [6.07, 6.45) is 0. The standard InChI is InChI=1S/C20H19N3O2S/c1-14-17(18(24)21-13-15-9-5-3-6-10-15)26-20(22-14)23(2)19(25)16-11-7-4-8-12-16/h3-12H,13H2,1-2H3,(H,21,24). The Hall–Kier alpha value is -2.99. The molecular formula is C20H19N3O2S. The molecule has 6 heteroatoms. The van der Waals surface area contributed by atoms with E-state index in [1.165, 1.54) is 16.2 Å². The van der Waals surface area contributed by atoms with Crippen LogP contribution in [0.25, 0.3) is 0 Å². The molecule has 3 aromatic rings. The molecule has 1 heterocycles. The number of amides is 2. The summed E-state index contributed by atoms with van der Waals surface area (Å²) >= 11 is 1.22. The Morgan fingerprint density at radius 3 is 2.31 bits per heavy atom. The summed E-state index contributed by atoms with van der Waals surface area (Å²) in [6.45, 7) is 2.23. The Balaban J connectivity index is 1.72. The summed E-state index contributed by atoms with van der Waals surface area (Å²) in [7, 11) is 1.67. The number of benzene rings is 2. The van der Waals surface area contributed by atoms with Gasteiger partial charge in [-0.3, -0.25) is 14.5 Å². The number of rotatable bonds is 5. The number of hydrogen-bond donors (Lipinski definition) is 1. The lowest BCUT2D eigenvalue weighted by Gasteiger charge is -2.13. The molecule has 26 heavy (non-hydrogen) atoms. The topological polar surface area (TPSA) is 62.3 Å². The quantitative estimate of drug-likeness (QED) is 0.751. The maximum Gasteiger partial charge on any atom is 0.263 e. The van der Waals surface area contributed by atoms with Gasteiger partial charge >= 0.3 is 0 Å². The molecule has 0 saturated carbocycles. The summed E-state index contributed by atoms with van der Waals surface area (Å²) in [5.41, 5.74) is 2.22. The molecule has 0 spiro atoms. The van der Waals surface area contributed by atoms with Crippen LogP contribution in [0.1, 0.15) is 31.3 Å². The minimum absolute atomic E-state index is 0.157. The van der Waals surface area contributed by atoms with Gasteiger partial charge in [-0.2, -0.15) is 0 Å². The van der Waals surface area contributed by atoms with Crippen LogP contribution >= 0.6 is 11.3 Å². The number of nitrogens with zero attached hydrogens (tertiary/aromatic N) is 2. The third-order valence-corrected chi connectivity index (χ3v) is 5.13. The third kappa shape index (κ3) is 3.97. The van der Waals surface area contributed by atoms with E-state index in [1.54, 1.807) is 26.1 Å². The van der Waals surface area contributed by atoms with Crippen molar-refractivity contribution in [3.05, 3.63) is 82.4 Å². The van der Waals surface area contributed by atoms with E-state index < -0.39 is 0 Å². The lowest BCUT2D eigenvalue weighted by atomic mass is 10.2. The maximum absolute atomic E-state index is 12.5. The summed E-state index contributed by atoms with van der Waals surface area (Å²) in [5.74, 6) is -0.341. The van der Waals surface area contributed by atoms with Crippen LogP contribution in [0.15, 0.2) is 60.7 Å².